The molecule has 1 heterocycles. The summed E-state index contributed by atoms with van der Waals surface area (Å²) >= 11 is 0. The van der Waals surface area contributed by atoms with E-state index in [-0.39, 0.29) is 5.56 Å². The Balaban J connectivity index is 1.73. The van der Waals surface area contributed by atoms with Gasteiger partial charge in [-0.25, -0.2) is 4.79 Å². The number of carboxylic acid groups (broad SMARTS) is 1. The van der Waals surface area contributed by atoms with E-state index in [0.29, 0.717) is 5.69 Å². The van der Waals surface area contributed by atoms with Gasteiger partial charge in [0.15, 0.2) is 0 Å². The van der Waals surface area contributed by atoms with Crippen molar-refractivity contribution in [3.63, 3.8) is 0 Å². The molecule has 0 fully saturated rings. The molecule has 0 aromatic heterocycles. The van der Waals surface area contributed by atoms with E-state index >= 15 is 0 Å². The summed E-state index contributed by atoms with van der Waals surface area (Å²) in [5.41, 5.74) is 7.08. The Morgan fingerprint density at radius 3 is 2.64 bits per heavy atom. The summed E-state index contributed by atoms with van der Waals surface area (Å²) in [6, 6.07) is 15.3. The van der Waals surface area contributed by atoms with Crippen molar-refractivity contribution < 1.29 is 9.90 Å². The third kappa shape index (κ3) is 3.23. The number of nitrogens with one attached hydrogen (secondary N) is 1. The summed E-state index contributed by atoms with van der Waals surface area (Å²) in [5.74, 6) is -0.939. The Hall–Kier alpha value is -2.88. The molecule has 0 radical (unpaired) electrons. The molecule has 0 amide bonds. The Morgan fingerprint density at radius 1 is 1.05 bits per heavy atom. The van der Waals surface area contributed by atoms with E-state index in [1.54, 1.807) is 18.2 Å². The molecule has 2 aromatic rings. The minimum absolute atomic E-state index is 0.252. The molecule has 0 unspecified atom stereocenters. The van der Waals surface area contributed by atoms with Crippen LogP contribution in [0.5, 0.6) is 0 Å². The monoisotopic (exact) mass is 292 g/mol. The van der Waals surface area contributed by atoms with Crippen LogP contribution in [0, 0.1) is 0 Å². The topological polar surface area (TPSA) is 61.7 Å². The van der Waals surface area contributed by atoms with Gasteiger partial charge >= 0.3 is 5.97 Å². The molecule has 4 nitrogen and oxygen atoms in total. The standard InChI is InChI=1S/C18H16N2O2/c21-18(22)15-8-7-14-9-11-16(19-20-17(14)12-15)10-6-13-4-2-1-3-5-13/h1-5,7-9,11-12,20H,6,10H2,(H,21,22). The first-order chi connectivity index (χ1) is 10.7. The van der Waals surface area contributed by atoms with Crippen LogP contribution in [0.4, 0.5) is 5.69 Å². The number of anilines is 1. The number of carboxylic acids is 1. The van der Waals surface area contributed by atoms with Crippen LogP contribution in [0.25, 0.3) is 6.08 Å². The highest BCUT2D eigenvalue weighted by Crippen LogP contribution is 2.22. The maximum atomic E-state index is 11.0. The lowest BCUT2D eigenvalue weighted by atomic mass is 10.1. The summed E-state index contributed by atoms with van der Waals surface area (Å²) in [6.45, 7) is 0. The fraction of sp³-hybridized carbons (Fsp3) is 0.111. The van der Waals surface area contributed by atoms with Crippen molar-refractivity contribution in [2.45, 2.75) is 12.8 Å². The number of hydrazone groups is 1. The zero-order valence-corrected chi connectivity index (χ0v) is 12.0. The van der Waals surface area contributed by atoms with E-state index in [0.717, 1.165) is 24.1 Å². The van der Waals surface area contributed by atoms with Gasteiger partial charge in [-0.05, 0) is 42.2 Å². The average molecular weight is 292 g/mol. The summed E-state index contributed by atoms with van der Waals surface area (Å²) < 4.78 is 0. The van der Waals surface area contributed by atoms with Crippen molar-refractivity contribution in [2.24, 2.45) is 5.10 Å². The van der Waals surface area contributed by atoms with Gasteiger partial charge in [-0.1, -0.05) is 42.5 Å². The predicted molar refractivity (Wildman–Crippen MR) is 88.3 cm³/mol. The van der Waals surface area contributed by atoms with Crippen LogP contribution < -0.4 is 5.43 Å². The van der Waals surface area contributed by atoms with Crippen molar-refractivity contribution in [1.82, 2.24) is 0 Å². The number of aryl methyl sites for hydroxylation is 1. The van der Waals surface area contributed by atoms with Gasteiger partial charge in [0.05, 0.1) is 17.0 Å². The summed E-state index contributed by atoms with van der Waals surface area (Å²) in [7, 11) is 0. The zero-order valence-electron chi connectivity index (χ0n) is 12.0. The van der Waals surface area contributed by atoms with Crippen LogP contribution in [0.3, 0.4) is 0 Å². The minimum atomic E-state index is -0.939. The molecule has 0 aliphatic carbocycles. The van der Waals surface area contributed by atoms with Crippen LogP contribution in [0.2, 0.25) is 0 Å². The zero-order chi connectivity index (χ0) is 15.4. The van der Waals surface area contributed by atoms with Crippen molar-refractivity contribution in [3.8, 4) is 0 Å². The van der Waals surface area contributed by atoms with E-state index in [4.69, 9.17) is 5.11 Å². The number of fused-ring (bicyclic) bond motifs is 1. The molecule has 0 saturated carbocycles. The first kappa shape index (κ1) is 14.1. The quantitative estimate of drug-likeness (QED) is 0.900. The molecule has 1 aliphatic heterocycles. The van der Waals surface area contributed by atoms with Gasteiger partial charge < -0.3 is 5.11 Å². The highest BCUT2D eigenvalue weighted by atomic mass is 16.4. The Labute approximate surface area is 128 Å². The number of rotatable bonds is 4. The fourth-order valence-corrected chi connectivity index (χ4v) is 2.34. The van der Waals surface area contributed by atoms with Gasteiger partial charge in [0.1, 0.15) is 0 Å². The fourth-order valence-electron chi connectivity index (χ4n) is 2.34. The second-order valence-corrected chi connectivity index (χ2v) is 5.14. The third-order valence-electron chi connectivity index (χ3n) is 3.59. The predicted octanol–water partition coefficient (Wildman–Crippen LogP) is 3.81. The van der Waals surface area contributed by atoms with Crippen LogP contribution in [-0.4, -0.2) is 16.8 Å². The lowest BCUT2D eigenvalue weighted by Crippen LogP contribution is -2.01. The average Bonchev–Trinajstić information content (AvgIpc) is 2.75. The number of benzene rings is 2. The number of hydrogen-bond acceptors (Lipinski definition) is 3. The van der Waals surface area contributed by atoms with Gasteiger partial charge in [-0.2, -0.15) is 5.10 Å². The van der Waals surface area contributed by atoms with Crippen molar-refractivity contribution in [2.75, 3.05) is 5.43 Å². The molecular formula is C18H16N2O2. The van der Waals surface area contributed by atoms with Gasteiger partial charge in [0.2, 0.25) is 0 Å². The highest BCUT2D eigenvalue weighted by molar-refractivity contribution is 6.01. The Bertz CT molecular complexity index is 749. The summed E-state index contributed by atoms with van der Waals surface area (Å²) in [6.07, 6.45) is 5.68. The molecule has 2 N–H and O–H groups in total. The van der Waals surface area contributed by atoms with E-state index in [9.17, 15) is 4.79 Å². The molecule has 0 atom stereocenters. The molecule has 0 spiro atoms. The van der Waals surface area contributed by atoms with E-state index in [2.05, 4.69) is 22.7 Å². The van der Waals surface area contributed by atoms with E-state index in [1.165, 1.54) is 5.56 Å². The maximum absolute atomic E-state index is 11.0. The maximum Gasteiger partial charge on any atom is 0.335 e. The van der Waals surface area contributed by atoms with Gasteiger partial charge in [0.25, 0.3) is 0 Å². The molecule has 0 saturated heterocycles. The number of aromatic carboxylic acids is 1. The lowest BCUT2D eigenvalue weighted by Gasteiger charge is -2.05. The second kappa shape index (κ2) is 6.26. The molecule has 110 valence electrons. The number of allylic oxidation sites excluding steroid dienone is 1. The van der Waals surface area contributed by atoms with Crippen LogP contribution in [0.1, 0.15) is 27.9 Å². The van der Waals surface area contributed by atoms with Crippen LogP contribution in [0.15, 0.2) is 59.7 Å². The number of carbonyl (C=O) groups is 1. The molecule has 1 aliphatic rings. The molecule has 3 rings (SSSR count). The largest absolute Gasteiger partial charge is 0.478 e. The normalized spacial score (nSPS) is 12.8. The molecule has 22 heavy (non-hydrogen) atoms. The Kier molecular flexibility index (Phi) is 4.01. The first-order valence-corrected chi connectivity index (χ1v) is 7.14. The summed E-state index contributed by atoms with van der Waals surface area (Å²) in [5, 5.41) is 13.4. The van der Waals surface area contributed by atoms with Gasteiger partial charge in [0, 0.05) is 0 Å². The van der Waals surface area contributed by atoms with Gasteiger partial charge in [-0.15, -0.1) is 0 Å². The third-order valence-corrected chi connectivity index (χ3v) is 3.59. The second-order valence-electron chi connectivity index (χ2n) is 5.14. The lowest BCUT2D eigenvalue weighted by molar-refractivity contribution is 0.0697. The van der Waals surface area contributed by atoms with Crippen LogP contribution >= 0.6 is 0 Å². The van der Waals surface area contributed by atoms with Crippen molar-refractivity contribution >= 4 is 23.4 Å². The first-order valence-electron chi connectivity index (χ1n) is 7.14. The van der Waals surface area contributed by atoms with E-state index in [1.807, 2.05) is 30.4 Å². The smallest absolute Gasteiger partial charge is 0.335 e. The van der Waals surface area contributed by atoms with Crippen molar-refractivity contribution in [3.05, 3.63) is 71.3 Å². The molecule has 2 aromatic carbocycles. The molecule has 4 heteroatoms. The van der Waals surface area contributed by atoms with Gasteiger partial charge in [-0.3, -0.25) is 5.43 Å². The van der Waals surface area contributed by atoms with Crippen LogP contribution in [-0.2, 0) is 6.42 Å². The van der Waals surface area contributed by atoms with Crippen molar-refractivity contribution in [1.29, 1.82) is 0 Å². The summed E-state index contributed by atoms with van der Waals surface area (Å²) in [4.78, 5) is 11.0. The minimum Gasteiger partial charge on any atom is -0.478 e. The SMILES string of the molecule is O=C(O)c1ccc2c(c1)NN=C(CCc1ccccc1)C=C2. The molecular weight excluding hydrogens is 276 g/mol. The highest BCUT2D eigenvalue weighted by Gasteiger charge is 2.09. The van der Waals surface area contributed by atoms with E-state index < -0.39 is 5.97 Å². The Morgan fingerprint density at radius 2 is 1.86 bits per heavy atom. The number of hydrogen-bond donors (Lipinski definition) is 2. The number of nitrogens with zero attached hydrogens (tertiary/aromatic N) is 1. The molecule has 0 bridgehead atoms.